The Hall–Kier alpha value is -2.56. The molecule has 2 aromatic rings. The Kier molecular flexibility index (Phi) is 3.94. The smallest absolute Gasteiger partial charge is 0.251 e. The van der Waals surface area contributed by atoms with Crippen LogP contribution in [0.3, 0.4) is 0 Å². The molecular formula is C18H20N2O3. The van der Waals surface area contributed by atoms with E-state index in [0.29, 0.717) is 12.1 Å². The minimum Gasteiger partial charge on any atom is -0.454 e. The highest BCUT2D eigenvalue weighted by molar-refractivity contribution is 5.94. The van der Waals surface area contributed by atoms with E-state index in [1.165, 1.54) is 0 Å². The van der Waals surface area contributed by atoms with E-state index >= 15 is 0 Å². The Morgan fingerprint density at radius 1 is 1.17 bits per heavy atom. The number of fused-ring (bicyclic) bond motifs is 1. The lowest BCUT2D eigenvalue weighted by atomic mass is 9.91. The van der Waals surface area contributed by atoms with Crippen molar-refractivity contribution in [3.8, 4) is 11.5 Å². The third-order valence-electron chi connectivity index (χ3n) is 3.68. The summed E-state index contributed by atoms with van der Waals surface area (Å²) in [6, 6.07) is 9.23. The maximum absolute atomic E-state index is 12.3. The van der Waals surface area contributed by atoms with Crippen LogP contribution in [0, 0.1) is 0 Å². The molecule has 0 atom stereocenters. The second kappa shape index (κ2) is 5.91. The van der Waals surface area contributed by atoms with E-state index in [0.717, 1.165) is 22.8 Å². The molecule has 0 aliphatic carbocycles. The molecule has 0 bridgehead atoms. The first-order chi connectivity index (χ1) is 10.9. The van der Waals surface area contributed by atoms with E-state index in [1.54, 1.807) is 12.3 Å². The monoisotopic (exact) mass is 312 g/mol. The van der Waals surface area contributed by atoms with Crippen LogP contribution in [0.1, 0.15) is 42.4 Å². The number of carbonyl (C=O) groups is 1. The van der Waals surface area contributed by atoms with Crippen molar-refractivity contribution in [3.05, 3.63) is 53.3 Å². The summed E-state index contributed by atoms with van der Waals surface area (Å²) in [7, 11) is 0. The van der Waals surface area contributed by atoms with Gasteiger partial charge in [0.1, 0.15) is 0 Å². The van der Waals surface area contributed by atoms with Crippen molar-refractivity contribution < 1.29 is 14.3 Å². The number of benzene rings is 1. The van der Waals surface area contributed by atoms with Crippen LogP contribution in [0.5, 0.6) is 11.5 Å². The molecule has 23 heavy (non-hydrogen) atoms. The van der Waals surface area contributed by atoms with Gasteiger partial charge in [-0.25, -0.2) is 0 Å². The second-order valence-corrected chi connectivity index (χ2v) is 6.55. The number of carbonyl (C=O) groups excluding carboxylic acids is 1. The Balaban J connectivity index is 1.68. The van der Waals surface area contributed by atoms with Crippen molar-refractivity contribution in [2.45, 2.75) is 32.7 Å². The summed E-state index contributed by atoms with van der Waals surface area (Å²) in [5.41, 5.74) is 2.39. The molecule has 120 valence electrons. The molecule has 0 unspecified atom stereocenters. The number of amides is 1. The first-order valence-corrected chi connectivity index (χ1v) is 7.57. The van der Waals surface area contributed by atoms with Crippen molar-refractivity contribution in [3.63, 3.8) is 0 Å². The summed E-state index contributed by atoms with van der Waals surface area (Å²) >= 11 is 0. The van der Waals surface area contributed by atoms with Crippen molar-refractivity contribution >= 4 is 5.91 Å². The highest BCUT2D eigenvalue weighted by Crippen LogP contribution is 2.32. The van der Waals surface area contributed by atoms with Crippen LogP contribution in [-0.2, 0) is 12.0 Å². The summed E-state index contributed by atoms with van der Waals surface area (Å²) in [4.78, 5) is 16.7. The maximum Gasteiger partial charge on any atom is 0.251 e. The molecule has 5 heteroatoms. The van der Waals surface area contributed by atoms with Gasteiger partial charge in [0, 0.05) is 29.4 Å². The predicted octanol–water partition coefficient (Wildman–Crippen LogP) is 3.04. The SMILES string of the molecule is CC(C)(C)c1cc(C(=O)NCc2ccc3c(c2)OCO3)ccn1. The van der Waals surface area contributed by atoms with Crippen molar-refractivity contribution in [2.24, 2.45) is 0 Å². The van der Waals surface area contributed by atoms with Crippen LogP contribution in [0.25, 0.3) is 0 Å². The third kappa shape index (κ3) is 3.44. The van der Waals surface area contributed by atoms with Crippen LogP contribution in [0.4, 0.5) is 0 Å². The Bertz CT molecular complexity index is 735. The van der Waals surface area contributed by atoms with Gasteiger partial charge < -0.3 is 14.8 Å². The molecule has 5 nitrogen and oxygen atoms in total. The number of nitrogens with zero attached hydrogens (tertiary/aromatic N) is 1. The Morgan fingerprint density at radius 3 is 2.74 bits per heavy atom. The fourth-order valence-electron chi connectivity index (χ4n) is 2.32. The van der Waals surface area contributed by atoms with Crippen LogP contribution < -0.4 is 14.8 Å². The molecule has 3 rings (SSSR count). The van der Waals surface area contributed by atoms with Gasteiger partial charge >= 0.3 is 0 Å². The zero-order chi connectivity index (χ0) is 16.4. The first-order valence-electron chi connectivity index (χ1n) is 7.57. The highest BCUT2D eigenvalue weighted by atomic mass is 16.7. The van der Waals surface area contributed by atoms with Gasteiger partial charge in [-0.1, -0.05) is 26.8 Å². The summed E-state index contributed by atoms with van der Waals surface area (Å²) in [5, 5.41) is 2.92. The first kappa shape index (κ1) is 15.3. The van der Waals surface area contributed by atoms with Gasteiger partial charge in [0.2, 0.25) is 6.79 Å². The lowest BCUT2D eigenvalue weighted by Crippen LogP contribution is -2.24. The number of hydrogen-bond acceptors (Lipinski definition) is 4. The van der Waals surface area contributed by atoms with Gasteiger partial charge in [-0.15, -0.1) is 0 Å². The van der Waals surface area contributed by atoms with Gasteiger partial charge in [0.05, 0.1) is 0 Å². The molecule has 0 fully saturated rings. The second-order valence-electron chi connectivity index (χ2n) is 6.55. The van der Waals surface area contributed by atoms with Crippen LogP contribution >= 0.6 is 0 Å². The lowest BCUT2D eigenvalue weighted by Gasteiger charge is -2.18. The summed E-state index contributed by atoms with van der Waals surface area (Å²) < 4.78 is 10.6. The van der Waals surface area contributed by atoms with E-state index in [9.17, 15) is 4.79 Å². The number of rotatable bonds is 3. The maximum atomic E-state index is 12.3. The Labute approximate surface area is 135 Å². The molecular weight excluding hydrogens is 292 g/mol. The minimum absolute atomic E-state index is 0.0897. The van der Waals surface area contributed by atoms with E-state index < -0.39 is 0 Å². The highest BCUT2D eigenvalue weighted by Gasteiger charge is 2.17. The van der Waals surface area contributed by atoms with Gasteiger partial charge in [-0.2, -0.15) is 0 Å². The predicted molar refractivity (Wildman–Crippen MR) is 86.7 cm³/mol. The summed E-state index contributed by atoms with van der Waals surface area (Å²) in [6.45, 7) is 6.90. The number of ether oxygens (including phenoxy) is 2. The minimum atomic E-state index is -0.115. The van der Waals surface area contributed by atoms with Gasteiger partial charge in [-0.05, 0) is 29.8 Å². The molecule has 1 aliphatic heterocycles. The van der Waals surface area contributed by atoms with Crippen LogP contribution in [0.2, 0.25) is 0 Å². The van der Waals surface area contributed by atoms with Gasteiger partial charge in [-0.3, -0.25) is 9.78 Å². The largest absolute Gasteiger partial charge is 0.454 e. The molecule has 1 aromatic heterocycles. The fourth-order valence-corrected chi connectivity index (χ4v) is 2.32. The van der Waals surface area contributed by atoms with Gasteiger partial charge in [0.25, 0.3) is 5.91 Å². The molecule has 0 radical (unpaired) electrons. The summed E-state index contributed by atoms with van der Waals surface area (Å²) in [6.07, 6.45) is 1.68. The van der Waals surface area contributed by atoms with Crippen molar-refractivity contribution in [2.75, 3.05) is 6.79 Å². The molecule has 1 N–H and O–H groups in total. The average Bonchev–Trinajstić information content (AvgIpc) is 2.99. The summed E-state index contributed by atoms with van der Waals surface area (Å²) in [5.74, 6) is 1.34. The molecule has 2 heterocycles. The number of nitrogens with one attached hydrogen (secondary N) is 1. The molecule has 1 aliphatic rings. The van der Waals surface area contributed by atoms with Crippen LogP contribution in [-0.4, -0.2) is 17.7 Å². The topological polar surface area (TPSA) is 60.5 Å². The van der Waals surface area contributed by atoms with Crippen molar-refractivity contribution in [1.29, 1.82) is 0 Å². The molecule has 1 amide bonds. The standard InChI is InChI=1S/C18H20N2O3/c1-18(2,3)16-9-13(6-7-19-16)17(21)20-10-12-4-5-14-15(8-12)23-11-22-14/h4-9H,10-11H2,1-3H3,(H,20,21). The molecule has 0 saturated heterocycles. The Morgan fingerprint density at radius 2 is 1.96 bits per heavy atom. The number of pyridine rings is 1. The number of aromatic nitrogens is 1. The normalized spacial score (nSPS) is 13.0. The molecule has 0 saturated carbocycles. The van der Waals surface area contributed by atoms with E-state index in [2.05, 4.69) is 31.1 Å². The molecule has 1 aromatic carbocycles. The lowest BCUT2D eigenvalue weighted by molar-refractivity contribution is 0.0950. The van der Waals surface area contributed by atoms with Crippen molar-refractivity contribution in [1.82, 2.24) is 10.3 Å². The third-order valence-corrected chi connectivity index (χ3v) is 3.68. The van der Waals surface area contributed by atoms with E-state index in [-0.39, 0.29) is 18.1 Å². The van der Waals surface area contributed by atoms with Gasteiger partial charge in [0.15, 0.2) is 11.5 Å². The van der Waals surface area contributed by atoms with Crippen LogP contribution in [0.15, 0.2) is 36.5 Å². The molecule has 0 spiro atoms. The van der Waals surface area contributed by atoms with E-state index in [4.69, 9.17) is 9.47 Å². The number of hydrogen-bond donors (Lipinski definition) is 1. The fraction of sp³-hybridized carbons (Fsp3) is 0.333. The zero-order valence-corrected chi connectivity index (χ0v) is 13.6. The average molecular weight is 312 g/mol. The van der Waals surface area contributed by atoms with E-state index in [1.807, 2.05) is 24.3 Å². The zero-order valence-electron chi connectivity index (χ0n) is 13.6. The quantitative estimate of drug-likeness (QED) is 0.946.